The Morgan fingerprint density at radius 2 is 1.02 bits per heavy atom. The molecule has 0 saturated heterocycles. The zero-order valence-electron chi connectivity index (χ0n) is 24.5. The fourth-order valence-electron chi connectivity index (χ4n) is 5.84. The summed E-state index contributed by atoms with van der Waals surface area (Å²) in [6.07, 6.45) is -5.11. The third-order valence-electron chi connectivity index (χ3n) is 8.44. The van der Waals surface area contributed by atoms with E-state index in [1.165, 1.54) is 12.1 Å². The molecule has 2 aliphatic heterocycles. The van der Waals surface area contributed by atoms with E-state index < -0.39 is 90.2 Å². The van der Waals surface area contributed by atoms with Crippen LogP contribution in [0.25, 0.3) is 0 Å². The van der Waals surface area contributed by atoms with Crippen LogP contribution < -0.4 is 9.80 Å². The van der Waals surface area contributed by atoms with Crippen molar-refractivity contribution in [2.75, 3.05) is 9.80 Å². The summed E-state index contributed by atoms with van der Waals surface area (Å²) < 4.78 is 58.9. The van der Waals surface area contributed by atoms with Gasteiger partial charge in [0, 0.05) is 6.07 Å². The summed E-state index contributed by atoms with van der Waals surface area (Å²) in [4.78, 5) is 75.6. The second-order valence-electron chi connectivity index (χ2n) is 11.2. The van der Waals surface area contributed by atoms with Crippen LogP contribution in [-0.4, -0.2) is 39.7 Å². The van der Waals surface area contributed by atoms with E-state index in [4.69, 9.17) is 0 Å². The van der Waals surface area contributed by atoms with Crippen LogP contribution in [0.1, 0.15) is 65.0 Å². The topological polar surface area (TPSA) is 161 Å². The highest BCUT2D eigenvalue weighted by Gasteiger charge is 2.55. The average molecular weight is 663 g/mol. The van der Waals surface area contributed by atoms with Gasteiger partial charge in [-0.15, -0.1) is 0 Å². The highest BCUT2D eigenvalue weighted by Crippen LogP contribution is 2.48. The molecule has 2 heterocycles. The second kappa shape index (κ2) is 10.6. The number of amides is 4. The van der Waals surface area contributed by atoms with Gasteiger partial charge in [0.2, 0.25) is 0 Å². The molecule has 4 aromatic carbocycles. The maximum Gasteiger partial charge on any atom is 0.402 e. The fraction of sp³-hybridized carbons (Fsp3) is 0.125. The molecule has 2 aliphatic rings. The Hall–Kier alpha value is -6.32. The van der Waals surface area contributed by atoms with E-state index in [2.05, 4.69) is 0 Å². The Kier molecular flexibility index (Phi) is 7.00. The van der Waals surface area contributed by atoms with E-state index >= 15 is 13.2 Å². The number of carbonyl (C=O) groups is 4. The first kappa shape index (κ1) is 31.7. The molecule has 6 rings (SSSR count). The van der Waals surface area contributed by atoms with Gasteiger partial charge in [0.05, 0.1) is 38.2 Å². The molecule has 0 bridgehead atoms. The van der Waals surface area contributed by atoms with Gasteiger partial charge >= 0.3 is 6.18 Å². The number of alkyl halides is 3. The number of nitro benzene ring substituents is 2. The number of hydrogen-bond donors (Lipinski definition) is 0. The van der Waals surface area contributed by atoms with Gasteiger partial charge in [0.15, 0.2) is 0 Å². The van der Waals surface area contributed by atoms with Gasteiger partial charge in [0.1, 0.15) is 22.6 Å². The number of nitrogens with zero attached hydrogens (tertiary/aromatic N) is 4. The maximum absolute atomic E-state index is 15.1. The summed E-state index contributed by atoms with van der Waals surface area (Å²) >= 11 is 0. The van der Waals surface area contributed by atoms with E-state index in [1.807, 2.05) is 0 Å². The van der Waals surface area contributed by atoms with Gasteiger partial charge in [-0.25, -0.2) is 14.2 Å². The summed E-state index contributed by atoms with van der Waals surface area (Å²) in [5.41, 5.74) is -7.70. The Labute approximate surface area is 266 Å². The van der Waals surface area contributed by atoms with Crippen molar-refractivity contribution < 1.29 is 46.6 Å². The Morgan fingerprint density at radius 1 is 0.604 bits per heavy atom. The minimum absolute atomic E-state index is 0.297. The molecule has 0 saturated carbocycles. The van der Waals surface area contributed by atoms with Crippen LogP contribution in [0.4, 0.5) is 40.3 Å². The van der Waals surface area contributed by atoms with E-state index in [-0.39, 0.29) is 16.8 Å². The van der Waals surface area contributed by atoms with E-state index in [0.717, 1.165) is 61.5 Å². The lowest BCUT2D eigenvalue weighted by Gasteiger charge is -2.33. The molecule has 0 N–H and O–H groups in total. The number of hydrogen-bond acceptors (Lipinski definition) is 8. The number of aryl methyl sites for hydroxylation is 1. The molecule has 0 aliphatic carbocycles. The molecule has 16 heteroatoms. The van der Waals surface area contributed by atoms with E-state index in [9.17, 15) is 43.8 Å². The standard InChI is InChI=1S/C32H18F4N4O8/c1-15-3-9-23(25(11-15)39(45)46)37-27(41)19-7-4-16(12-21(19)29(37)43)31(2,32(34,35)36)17-5-8-20-22(13-17)30(44)38(28(20)42)24-10-6-18(33)14-26(24)40(47)48/h3-14H,1-2H3. The summed E-state index contributed by atoms with van der Waals surface area (Å²) in [6.45, 7) is 2.31. The second-order valence-corrected chi connectivity index (χ2v) is 11.2. The van der Waals surface area contributed by atoms with Gasteiger partial charge in [0.25, 0.3) is 35.0 Å². The monoisotopic (exact) mass is 662 g/mol. The van der Waals surface area contributed by atoms with Crippen LogP contribution in [-0.2, 0) is 5.41 Å². The normalized spacial score (nSPS) is 15.5. The van der Waals surface area contributed by atoms with Crippen LogP contribution in [0.15, 0.2) is 72.8 Å². The van der Waals surface area contributed by atoms with Crippen molar-refractivity contribution in [3.05, 3.63) is 138 Å². The average Bonchev–Trinajstić information content (AvgIpc) is 3.43. The summed E-state index contributed by atoms with van der Waals surface area (Å²) in [5, 5.41) is 23.2. The predicted molar refractivity (Wildman–Crippen MR) is 159 cm³/mol. The molecule has 12 nitrogen and oxygen atoms in total. The Bertz CT molecular complexity index is 2040. The molecule has 0 aromatic heterocycles. The molecular weight excluding hydrogens is 644 g/mol. The van der Waals surface area contributed by atoms with Gasteiger partial charge in [-0.3, -0.25) is 39.4 Å². The van der Waals surface area contributed by atoms with Crippen LogP contribution in [0.3, 0.4) is 0 Å². The zero-order valence-corrected chi connectivity index (χ0v) is 24.5. The first-order valence-corrected chi connectivity index (χ1v) is 13.8. The largest absolute Gasteiger partial charge is 0.402 e. The van der Waals surface area contributed by atoms with Gasteiger partial charge in [-0.05, 0) is 73.0 Å². The summed E-state index contributed by atoms with van der Waals surface area (Å²) in [5.74, 6) is -5.39. The van der Waals surface area contributed by atoms with Crippen LogP contribution >= 0.6 is 0 Å². The minimum atomic E-state index is -5.11. The van der Waals surface area contributed by atoms with Crippen molar-refractivity contribution in [1.82, 2.24) is 0 Å². The third kappa shape index (κ3) is 4.51. The van der Waals surface area contributed by atoms with Crippen molar-refractivity contribution in [2.24, 2.45) is 0 Å². The third-order valence-corrected chi connectivity index (χ3v) is 8.44. The SMILES string of the molecule is Cc1ccc(N2C(=O)c3ccc(C(C)(c4ccc5c(c4)C(=O)N(c4ccc(F)cc4[N+](=O)[O-])C5=O)C(F)(F)F)cc3C2=O)c([N+](=O)[O-])c1. The molecule has 1 atom stereocenters. The Morgan fingerprint density at radius 3 is 1.46 bits per heavy atom. The molecule has 4 amide bonds. The van der Waals surface area contributed by atoms with Crippen LogP contribution in [0.2, 0.25) is 0 Å². The molecule has 4 aromatic rings. The first-order valence-electron chi connectivity index (χ1n) is 13.8. The van der Waals surface area contributed by atoms with Crippen LogP contribution in [0.5, 0.6) is 0 Å². The first-order chi connectivity index (χ1) is 22.5. The van der Waals surface area contributed by atoms with Gasteiger partial charge in [-0.2, -0.15) is 13.2 Å². The summed E-state index contributed by atoms with van der Waals surface area (Å²) in [6, 6.07) is 11.3. The smallest absolute Gasteiger partial charge is 0.268 e. The lowest BCUT2D eigenvalue weighted by Crippen LogP contribution is -2.41. The molecule has 1 unspecified atom stereocenters. The van der Waals surface area contributed by atoms with E-state index in [0.29, 0.717) is 21.4 Å². The van der Waals surface area contributed by atoms with Crippen molar-refractivity contribution in [3.63, 3.8) is 0 Å². The van der Waals surface area contributed by atoms with Crippen molar-refractivity contribution in [1.29, 1.82) is 0 Å². The molecule has 0 spiro atoms. The molecule has 242 valence electrons. The number of nitro groups is 2. The molecular formula is C32H18F4N4O8. The van der Waals surface area contributed by atoms with Gasteiger partial charge in [-0.1, -0.05) is 18.2 Å². The highest BCUT2D eigenvalue weighted by molar-refractivity contribution is 6.36. The number of rotatable bonds is 6. The quantitative estimate of drug-likeness (QED) is 0.0989. The highest BCUT2D eigenvalue weighted by atomic mass is 19.4. The van der Waals surface area contributed by atoms with Crippen molar-refractivity contribution in [3.8, 4) is 0 Å². The number of benzene rings is 4. The molecule has 0 fully saturated rings. The van der Waals surface area contributed by atoms with Crippen molar-refractivity contribution in [2.45, 2.75) is 25.4 Å². The van der Waals surface area contributed by atoms with E-state index in [1.54, 1.807) is 6.92 Å². The zero-order chi connectivity index (χ0) is 35.0. The predicted octanol–water partition coefficient (Wildman–Crippen LogP) is 6.42. The summed E-state index contributed by atoms with van der Waals surface area (Å²) in [7, 11) is 0. The number of anilines is 2. The number of fused-ring (bicyclic) bond motifs is 2. The van der Waals surface area contributed by atoms with Gasteiger partial charge < -0.3 is 0 Å². The van der Waals surface area contributed by atoms with Crippen LogP contribution in [0, 0.1) is 33.0 Å². The lowest BCUT2D eigenvalue weighted by molar-refractivity contribution is -0.384. The number of halogens is 4. The maximum atomic E-state index is 15.1. The minimum Gasteiger partial charge on any atom is -0.268 e. The Balaban J connectivity index is 1.44. The lowest BCUT2D eigenvalue weighted by atomic mass is 9.74. The number of imide groups is 2. The van der Waals surface area contributed by atoms with Crippen molar-refractivity contribution >= 4 is 46.4 Å². The fourth-order valence-corrected chi connectivity index (χ4v) is 5.84. The molecule has 0 radical (unpaired) electrons. The number of carbonyl (C=O) groups excluding carboxylic acids is 4. The molecule has 48 heavy (non-hydrogen) atoms.